The van der Waals surface area contributed by atoms with Gasteiger partial charge in [-0.2, -0.15) is 4.31 Å². The maximum Gasteiger partial charge on any atom is 0.218 e. The molecule has 1 aliphatic heterocycles. The molecular weight excluding hydrogens is 283 g/mol. The number of sulfonamides is 1. The SMILES string of the molecule is O=S(=O)(Cc1cccc(F)c1)N1CC(n2ccnn2)C1. The molecule has 1 aromatic carbocycles. The minimum Gasteiger partial charge on any atom is -0.247 e. The monoisotopic (exact) mass is 296 g/mol. The van der Waals surface area contributed by atoms with E-state index in [1.165, 1.54) is 22.5 Å². The highest BCUT2D eigenvalue weighted by molar-refractivity contribution is 7.88. The zero-order valence-electron chi connectivity index (χ0n) is 10.6. The zero-order chi connectivity index (χ0) is 14.2. The minimum absolute atomic E-state index is 0.0276. The minimum atomic E-state index is -3.41. The number of rotatable bonds is 4. The maximum atomic E-state index is 13.1. The van der Waals surface area contributed by atoms with E-state index in [1.807, 2.05) is 0 Å². The lowest BCUT2D eigenvalue weighted by Gasteiger charge is -2.37. The van der Waals surface area contributed by atoms with E-state index in [1.54, 1.807) is 23.1 Å². The molecule has 1 aliphatic rings. The first-order valence-electron chi connectivity index (χ1n) is 6.13. The predicted octanol–water partition coefficient (Wildman–Crippen LogP) is 0.804. The van der Waals surface area contributed by atoms with Crippen LogP contribution in [0.15, 0.2) is 36.7 Å². The van der Waals surface area contributed by atoms with Crippen LogP contribution in [0, 0.1) is 5.82 Å². The van der Waals surface area contributed by atoms with Gasteiger partial charge in [0, 0.05) is 19.3 Å². The van der Waals surface area contributed by atoms with Gasteiger partial charge in [0.05, 0.1) is 18.0 Å². The molecule has 0 atom stereocenters. The summed E-state index contributed by atoms with van der Waals surface area (Å²) in [5, 5.41) is 7.54. The van der Waals surface area contributed by atoms with Crippen molar-refractivity contribution in [2.24, 2.45) is 0 Å². The fourth-order valence-electron chi connectivity index (χ4n) is 2.15. The van der Waals surface area contributed by atoms with Crippen LogP contribution in [0.1, 0.15) is 11.6 Å². The fourth-order valence-corrected chi connectivity index (χ4v) is 3.73. The van der Waals surface area contributed by atoms with Gasteiger partial charge in [0.2, 0.25) is 10.0 Å². The van der Waals surface area contributed by atoms with Crippen LogP contribution in [0.3, 0.4) is 0 Å². The van der Waals surface area contributed by atoms with Crippen LogP contribution in [0.2, 0.25) is 0 Å². The van der Waals surface area contributed by atoms with E-state index < -0.39 is 15.8 Å². The molecule has 0 aliphatic carbocycles. The van der Waals surface area contributed by atoms with Gasteiger partial charge in [0.15, 0.2) is 0 Å². The molecule has 0 saturated carbocycles. The van der Waals surface area contributed by atoms with Crippen molar-refractivity contribution in [1.29, 1.82) is 0 Å². The third kappa shape index (κ3) is 2.56. The quantitative estimate of drug-likeness (QED) is 0.837. The summed E-state index contributed by atoms with van der Waals surface area (Å²) in [5.74, 6) is -0.615. The standard InChI is InChI=1S/C12H13FN4O2S/c13-11-3-1-2-10(6-11)9-20(18,19)16-7-12(8-16)17-5-4-14-15-17/h1-6,12H,7-9H2. The molecule has 1 saturated heterocycles. The highest BCUT2D eigenvalue weighted by Crippen LogP contribution is 2.25. The van der Waals surface area contributed by atoms with E-state index in [0.29, 0.717) is 18.7 Å². The van der Waals surface area contributed by atoms with Crippen molar-refractivity contribution in [1.82, 2.24) is 19.3 Å². The molecule has 20 heavy (non-hydrogen) atoms. The lowest BCUT2D eigenvalue weighted by molar-refractivity contribution is 0.188. The Labute approximate surface area is 115 Å². The molecule has 1 aromatic heterocycles. The Hall–Kier alpha value is -1.80. The van der Waals surface area contributed by atoms with E-state index in [-0.39, 0.29) is 11.8 Å². The summed E-state index contributed by atoms with van der Waals surface area (Å²) in [6, 6.07) is 5.68. The van der Waals surface area contributed by atoms with Gasteiger partial charge in [-0.3, -0.25) is 0 Å². The van der Waals surface area contributed by atoms with Crippen LogP contribution in [0.5, 0.6) is 0 Å². The number of hydrogen-bond acceptors (Lipinski definition) is 4. The number of aromatic nitrogens is 3. The lowest BCUT2D eigenvalue weighted by Crippen LogP contribution is -2.51. The maximum absolute atomic E-state index is 13.1. The van der Waals surface area contributed by atoms with Gasteiger partial charge in [-0.1, -0.05) is 17.3 Å². The second-order valence-electron chi connectivity index (χ2n) is 4.74. The number of halogens is 1. The summed E-state index contributed by atoms with van der Waals surface area (Å²) in [7, 11) is -3.41. The molecule has 2 aromatic rings. The largest absolute Gasteiger partial charge is 0.247 e. The van der Waals surface area contributed by atoms with Gasteiger partial charge < -0.3 is 0 Å². The molecule has 0 spiro atoms. The first-order valence-corrected chi connectivity index (χ1v) is 7.73. The van der Waals surface area contributed by atoms with Crippen LogP contribution in [-0.4, -0.2) is 40.8 Å². The number of benzene rings is 1. The van der Waals surface area contributed by atoms with E-state index in [0.717, 1.165) is 0 Å². The Balaban J connectivity index is 1.66. The highest BCUT2D eigenvalue weighted by Gasteiger charge is 2.37. The Morgan fingerprint density at radius 1 is 1.35 bits per heavy atom. The summed E-state index contributed by atoms with van der Waals surface area (Å²) in [5.41, 5.74) is 0.453. The Bertz CT molecular complexity index is 696. The second kappa shape index (κ2) is 4.95. The van der Waals surface area contributed by atoms with Gasteiger partial charge in [-0.15, -0.1) is 5.10 Å². The summed E-state index contributed by atoms with van der Waals surface area (Å²) in [6.45, 7) is 0.752. The predicted molar refractivity (Wildman–Crippen MR) is 69.7 cm³/mol. The van der Waals surface area contributed by atoms with E-state index in [9.17, 15) is 12.8 Å². The molecule has 6 nitrogen and oxygen atoms in total. The Kier molecular flexibility index (Phi) is 3.27. The van der Waals surface area contributed by atoms with Gasteiger partial charge in [0.1, 0.15) is 5.82 Å². The third-order valence-electron chi connectivity index (χ3n) is 3.28. The first-order chi connectivity index (χ1) is 9.54. The summed E-state index contributed by atoms with van der Waals surface area (Å²) in [6.07, 6.45) is 3.27. The lowest BCUT2D eigenvalue weighted by atomic mass is 10.2. The zero-order valence-corrected chi connectivity index (χ0v) is 11.4. The molecule has 0 unspecified atom stereocenters. The van der Waals surface area contributed by atoms with Crippen molar-refractivity contribution < 1.29 is 12.8 Å². The summed E-state index contributed by atoms with van der Waals surface area (Å²) in [4.78, 5) is 0. The summed E-state index contributed by atoms with van der Waals surface area (Å²) < 4.78 is 40.4. The molecule has 0 amide bonds. The topological polar surface area (TPSA) is 68.1 Å². The molecule has 0 radical (unpaired) electrons. The molecule has 0 N–H and O–H groups in total. The van der Waals surface area contributed by atoms with Crippen LogP contribution >= 0.6 is 0 Å². The van der Waals surface area contributed by atoms with Gasteiger partial charge in [-0.25, -0.2) is 17.5 Å². The smallest absolute Gasteiger partial charge is 0.218 e. The van der Waals surface area contributed by atoms with Crippen molar-refractivity contribution in [3.05, 3.63) is 48.0 Å². The Morgan fingerprint density at radius 3 is 2.80 bits per heavy atom. The number of hydrogen-bond donors (Lipinski definition) is 0. The highest BCUT2D eigenvalue weighted by atomic mass is 32.2. The van der Waals surface area contributed by atoms with Crippen molar-refractivity contribution in [2.75, 3.05) is 13.1 Å². The van der Waals surface area contributed by atoms with Crippen molar-refractivity contribution >= 4 is 10.0 Å². The number of nitrogens with zero attached hydrogens (tertiary/aromatic N) is 4. The first kappa shape index (κ1) is 13.2. The van der Waals surface area contributed by atoms with E-state index in [4.69, 9.17) is 0 Å². The van der Waals surface area contributed by atoms with Gasteiger partial charge >= 0.3 is 0 Å². The normalized spacial score (nSPS) is 17.1. The Morgan fingerprint density at radius 2 is 2.15 bits per heavy atom. The van der Waals surface area contributed by atoms with Gasteiger partial charge in [-0.05, 0) is 17.7 Å². The molecular formula is C12H13FN4O2S. The summed E-state index contributed by atoms with van der Waals surface area (Å²) >= 11 is 0. The fraction of sp³-hybridized carbons (Fsp3) is 0.333. The van der Waals surface area contributed by atoms with Crippen LogP contribution in [0.25, 0.3) is 0 Å². The average molecular weight is 296 g/mol. The van der Waals surface area contributed by atoms with E-state index >= 15 is 0 Å². The van der Waals surface area contributed by atoms with Crippen molar-refractivity contribution in [3.8, 4) is 0 Å². The third-order valence-corrected chi connectivity index (χ3v) is 5.06. The molecule has 0 bridgehead atoms. The molecule has 8 heteroatoms. The van der Waals surface area contributed by atoms with Crippen LogP contribution in [-0.2, 0) is 15.8 Å². The molecule has 106 valence electrons. The second-order valence-corrected chi connectivity index (χ2v) is 6.71. The van der Waals surface area contributed by atoms with Crippen molar-refractivity contribution in [2.45, 2.75) is 11.8 Å². The van der Waals surface area contributed by atoms with Gasteiger partial charge in [0.25, 0.3) is 0 Å². The van der Waals surface area contributed by atoms with E-state index in [2.05, 4.69) is 10.3 Å². The van der Waals surface area contributed by atoms with Crippen molar-refractivity contribution in [3.63, 3.8) is 0 Å². The molecule has 2 heterocycles. The molecule has 1 fully saturated rings. The van der Waals surface area contributed by atoms with Crippen LogP contribution < -0.4 is 0 Å². The average Bonchev–Trinajstić information content (AvgIpc) is 2.79. The molecule has 3 rings (SSSR count). The van der Waals surface area contributed by atoms with Crippen LogP contribution in [0.4, 0.5) is 4.39 Å².